The van der Waals surface area contributed by atoms with E-state index in [9.17, 15) is 10.1 Å². The third-order valence-electron chi connectivity index (χ3n) is 4.45. The molecule has 21 heavy (non-hydrogen) atoms. The van der Waals surface area contributed by atoms with Gasteiger partial charge in [0.1, 0.15) is 0 Å². The van der Waals surface area contributed by atoms with Gasteiger partial charge >= 0.3 is 0 Å². The van der Waals surface area contributed by atoms with Gasteiger partial charge in [-0.25, -0.2) is 0 Å². The SMILES string of the molecule is O=[N+]([O-])c1cccc2oc(N3C[C@@H]4CCCN[C@@H]4C3)nc12. The summed E-state index contributed by atoms with van der Waals surface area (Å²) in [6, 6.07) is 5.78. The fourth-order valence-electron chi connectivity index (χ4n) is 3.41. The van der Waals surface area contributed by atoms with E-state index in [4.69, 9.17) is 4.42 Å². The number of nitrogens with zero attached hydrogens (tertiary/aromatic N) is 3. The molecule has 2 atom stereocenters. The minimum Gasteiger partial charge on any atom is -0.423 e. The van der Waals surface area contributed by atoms with Crippen LogP contribution in [0.25, 0.3) is 11.1 Å². The van der Waals surface area contributed by atoms with Crippen molar-refractivity contribution >= 4 is 22.8 Å². The topological polar surface area (TPSA) is 84.4 Å². The Bertz CT molecular complexity index is 685. The van der Waals surface area contributed by atoms with E-state index >= 15 is 0 Å². The van der Waals surface area contributed by atoms with Crippen molar-refractivity contribution < 1.29 is 9.34 Å². The van der Waals surface area contributed by atoms with Crippen molar-refractivity contribution in [3.8, 4) is 0 Å². The number of nitrogens with one attached hydrogen (secondary N) is 1. The molecule has 0 aliphatic carbocycles. The Morgan fingerprint density at radius 3 is 3.14 bits per heavy atom. The fourth-order valence-corrected chi connectivity index (χ4v) is 3.41. The Kier molecular flexibility index (Phi) is 2.81. The van der Waals surface area contributed by atoms with Crippen LogP contribution < -0.4 is 10.2 Å². The predicted molar refractivity (Wildman–Crippen MR) is 77.4 cm³/mol. The summed E-state index contributed by atoms with van der Waals surface area (Å²) in [5.74, 6) is 0.615. The van der Waals surface area contributed by atoms with Gasteiger partial charge in [0.25, 0.3) is 11.7 Å². The van der Waals surface area contributed by atoms with Crippen molar-refractivity contribution in [1.29, 1.82) is 0 Å². The summed E-state index contributed by atoms with van der Waals surface area (Å²) in [5.41, 5.74) is 0.805. The van der Waals surface area contributed by atoms with Crippen molar-refractivity contribution in [2.75, 3.05) is 24.5 Å². The van der Waals surface area contributed by atoms with Gasteiger partial charge in [-0.1, -0.05) is 6.07 Å². The van der Waals surface area contributed by atoms with Gasteiger partial charge in [-0.15, -0.1) is 0 Å². The lowest BCUT2D eigenvalue weighted by Crippen LogP contribution is -2.40. The van der Waals surface area contributed by atoms with E-state index in [1.54, 1.807) is 12.1 Å². The number of nitro groups is 1. The Labute approximate surface area is 121 Å². The summed E-state index contributed by atoms with van der Waals surface area (Å²) in [6.45, 7) is 2.82. The minimum absolute atomic E-state index is 0.00256. The molecule has 3 heterocycles. The second-order valence-electron chi connectivity index (χ2n) is 5.75. The summed E-state index contributed by atoms with van der Waals surface area (Å²) in [7, 11) is 0. The molecule has 1 N–H and O–H groups in total. The molecule has 0 saturated carbocycles. The summed E-state index contributed by atoms with van der Waals surface area (Å²) in [4.78, 5) is 17.1. The van der Waals surface area contributed by atoms with Crippen LogP contribution in [0.4, 0.5) is 11.7 Å². The molecule has 0 bridgehead atoms. The van der Waals surface area contributed by atoms with Gasteiger partial charge in [0.15, 0.2) is 11.1 Å². The second-order valence-corrected chi connectivity index (χ2v) is 5.75. The van der Waals surface area contributed by atoms with E-state index in [-0.39, 0.29) is 5.69 Å². The molecule has 0 amide bonds. The van der Waals surface area contributed by atoms with Crippen LogP contribution in [0.15, 0.2) is 22.6 Å². The van der Waals surface area contributed by atoms with Gasteiger partial charge in [-0.05, 0) is 31.4 Å². The van der Waals surface area contributed by atoms with E-state index in [1.807, 2.05) is 0 Å². The maximum absolute atomic E-state index is 11.1. The Morgan fingerprint density at radius 2 is 2.33 bits per heavy atom. The molecule has 7 heteroatoms. The molecule has 2 aliphatic rings. The molecule has 0 spiro atoms. The van der Waals surface area contributed by atoms with E-state index in [0.717, 1.165) is 19.6 Å². The number of aromatic nitrogens is 1. The predicted octanol–water partition coefficient (Wildman–Crippen LogP) is 1.92. The first-order chi connectivity index (χ1) is 10.2. The van der Waals surface area contributed by atoms with Crippen LogP contribution in [0.2, 0.25) is 0 Å². The van der Waals surface area contributed by atoms with Crippen molar-refractivity contribution in [3.05, 3.63) is 28.3 Å². The van der Waals surface area contributed by atoms with Crippen molar-refractivity contribution in [2.45, 2.75) is 18.9 Å². The van der Waals surface area contributed by atoms with Crippen LogP contribution in [0.1, 0.15) is 12.8 Å². The lowest BCUT2D eigenvalue weighted by molar-refractivity contribution is -0.383. The fraction of sp³-hybridized carbons (Fsp3) is 0.500. The van der Waals surface area contributed by atoms with Gasteiger partial charge in [0, 0.05) is 25.2 Å². The number of fused-ring (bicyclic) bond motifs is 2. The molecular formula is C14H16N4O3. The summed E-state index contributed by atoms with van der Waals surface area (Å²) in [6.07, 6.45) is 2.42. The molecule has 2 aromatic rings. The number of para-hydroxylation sites is 1. The number of anilines is 1. The molecule has 2 saturated heterocycles. The molecule has 1 aromatic heterocycles. The lowest BCUT2D eigenvalue weighted by atomic mass is 9.94. The van der Waals surface area contributed by atoms with Crippen molar-refractivity contribution in [1.82, 2.24) is 10.3 Å². The highest BCUT2D eigenvalue weighted by Gasteiger charge is 2.36. The van der Waals surface area contributed by atoms with Crippen LogP contribution in [-0.4, -0.2) is 35.6 Å². The number of nitro benzene ring substituents is 1. The van der Waals surface area contributed by atoms with Crippen LogP contribution >= 0.6 is 0 Å². The largest absolute Gasteiger partial charge is 0.423 e. The quantitative estimate of drug-likeness (QED) is 0.671. The normalized spacial score (nSPS) is 25.2. The number of non-ortho nitro benzene ring substituents is 1. The molecule has 0 unspecified atom stereocenters. The summed E-state index contributed by atoms with van der Waals surface area (Å²) >= 11 is 0. The molecule has 110 valence electrons. The van der Waals surface area contributed by atoms with Gasteiger partial charge in [-0.3, -0.25) is 10.1 Å². The molecule has 7 nitrogen and oxygen atoms in total. The van der Waals surface area contributed by atoms with E-state index in [0.29, 0.717) is 29.1 Å². The van der Waals surface area contributed by atoms with Crippen LogP contribution in [0, 0.1) is 16.0 Å². The molecule has 2 aliphatic heterocycles. The zero-order valence-electron chi connectivity index (χ0n) is 11.5. The van der Waals surface area contributed by atoms with Crippen molar-refractivity contribution in [3.63, 3.8) is 0 Å². The lowest BCUT2D eigenvalue weighted by Gasteiger charge is -2.24. The van der Waals surface area contributed by atoms with Crippen LogP contribution in [0.5, 0.6) is 0 Å². The number of oxazole rings is 1. The molecular weight excluding hydrogens is 272 g/mol. The number of hydrogen-bond donors (Lipinski definition) is 1. The zero-order valence-corrected chi connectivity index (χ0v) is 11.5. The Hall–Kier alpha value is -2.15. The second kappa shape index (κ2) is 4.70. The number of benzene rings is 1. The minimum atomic E-state index is -0.417. The van der Waals surface area contributed by atoms with Crippen molar-refractivity contribution in [2.24, 2.45) is 5.92 Å². The van der Waals surface area contributed by atoms with Gasteiger partial charge in [0.2, 0.25) is 0 Å². The first kappa shape index (κ1) is 12.6. The van der Waals surface area contributed by atoms with Crippen LogP contribution in [-0.2, 0) is 0 Å². The highest BCUT2D eigenvalue weighted by Crippen LogP contribution is 2.33. The molecule has 4 rings (SSSR count). The summed E-state index contributed by atoms with van der Waals surface area (Å²) in [5, 5.41) is 14.6. The molecule has 1 aromatic carbocycles. The average Bonchev–Trinajstić information content (AvgIpc) is 3.09. The van der Waals surface area contributed by atoms with E-state index in [1.165, 1.54) is 18.9 Å². The Morgan fingerprint density at radius 1 is 1.43 bits per heavy atom. The molecule has 0 radical (unpaired) electrons. The van der Waals surface area contributed by atoms with Gasteiger partial charge < -0.3 is 14.6 Å². The maximum Gasteiger partial charge on any atom is 0.298 e. The first-order valence-corrected chi connectivity index (χ1v) is 7.24. The highest BCUT2D eigenvalue weighted by molar-refractivity contribution is 5.84. The zero-order chi connectivity index (χ0) is 14.4. The van der Waals surface area contributed by atoms with E-state index in [2.05, 4.69) is 15.2 Å². The smallest absolute Gasteiger partial charge is 0.298 e. The summed E-state index contributed by atoms with van der Waals surface area (Å²) < 4.78 is 5.73. The maximum atomic E-state index is 11.1. The number of hydrogen-bond acceptors (Lipinski definition) is 6. The first-order valence-electron chi connectivity index (χ1n) is 7.24. The molecule has 2 fully saturated rings. The monoisotopic (exact) mass is 288 g/mol. The highest BCUT2D eigenvalue weighted by atomic mass is 16.6. The van der Waals surface area contributed by atoms with Gasteiger partial charge in [-0.2, -0.15) is 4.98 Å². The number of rotatable bonds is 2. The third kappa shape index (κ3) is 2.04. The average molecular weight is 288 g/mol. The Balaban J connectivity index is 1.68. The number of piperidine rings is 1. The van der Waals surface area contributed by atoms with Crippen LogP contribution in [0.3, 0.4) is 0 Å². The standard InChI is InChI=1S/C14H16N4O3/c19-18(20)11-4-1-5-12-13(11)16-14(21-12)17-7-9-3-2-6-15-10(9)8-17/h1,4-5,9-10,15H,2-3,6-8H2/t9-,10+/m0/s1. The van der Waals surface area contributed by atoms with E-state index < -0.39 is 4.92 Å². The third-order valence-corrected chi connectivity index (χ3v) is 4.45. The van der Waals surface area contributed by atoms with Gasteiger partial charge in [0.05, 0.1) is 4.92 Å².